The molecule has 1 fully saturated rings. The van der Waals surface area contributed by atoms with Crippen LogP contribution in [0.5, 0.6) is 0 Å². The van der Waals surface area contributed by atoms with Crippen LogP contribution in [0.15, 0.2) is 0 Å². The predicted molar refractivity (Wildman–Crippen MR) is 74.2 cm³/mol. The van der Waals surface area contributed by atoms with E-state index < -0.39 is 0 Å². The summed E-state index contributed by atoms with van der Waals surface area (Å²) in [6.45, 7) is 7.55. The van der Waals surface area contributed by atoms with E-state index in [-0.39, 0.29) is 0 Å². The van der Waals surface area contributed by atoms with Crippen LogP contribution in [0.2, 0.25) is 0 Å². The average molecular weight is 241 g/mol. The smallest absolute Gasteiger partial charge is 0.0431 e. The highest BCUT2D eigenvalue weighted by atomic mass is 16.2. The maximum Gasteiger partial charge on any atom is 0.0431 e. The molecule has 1 rings (SSSR count). The molecular formula is C15H31NO. The molecule has 102 valence electrons. The van der Waals surface area contributed by atoms with Gasteiger partial charge in [0.05, 0.1) is 0 Å². The van der Waals surface area contributed by atoms with Crippen LogP contribution in [0.1, 0.15) is 65.2 Å². The first kappa shape index (κ1) is 15.0. The van der Waals surface area contributed by atoms with Crippen molar-refractivity contribution in [2.24, 2.45) is 5.92 Å². The predicted octanol–water partition coefficient (Wildman–Crippen LogP) is 3.44. The maximum atomic E-state index is 8.76. The first-order valence-electron chi connectivity index (χ1n) is 7.59. The summed E-state index contributed by atoms with van der Waals surface area (Å²) in [5.74, 6) is 0.785. The highest BCUT2D eigenvalue weighted by Crippen LogP contribution is 2.24. The Hall–Kier alpha value is -0.0800. The summed E-state index contributed by atoms with van der Waals surface area (Å²) in [5, 5.41) is 8.76. The van der Waals surface area contributed by atoms with E-state index in [1.54, 1.807) is 0 Å². The molecule has 0 atom stereocenters. The zero-order chi connectivity index (χ0) is 12.5. The fraction of sp³-hybridized carbons (Fsp3) is 1.00. The van der Waals surface area contributed by atoms with Gasteiger partial charge in [0.15, 0.2) is 0 Å². The van der Waals surface area contributed by atoms with Gasteiger partial charge in [0.25, 0.3) is 0 Å². The monoisotopic (exact) mass is 241 g/mol. The van der Waals surface area contributed by atoms with Gasteiger partial charge in [-0.2, -0.15) is 0 Å². The van der Waals surface area contributed by atoms with E-state index in [1.165, 1.54) is 58.0 Å². The quantitative estimate of drug-likeness (QED) is 0.625. The van der Waals surface area contributed by atoms with Gasteiger partial charge in [-0.05, 0) is 38.1 Å². The van der Waals surface area contributed by atoms with E-state index in [0.717, 1.165) is 18.4 Å². The van der Waals surface area contributed by atoms with Crippen LogP contribution in [0, 0.1) is 5.92 Å². The Morgan fingerprint density at radius 1 is 1.06 bits per heavy atom. The second-order valence-electron chi connectivity index (χ2n) is 5.96. The van der Waals surface area contributed by atoms with Gasteiger partial charge in [-0.15, -0.1) is 0 Å². The van der Waals surface area contributed by atoms with Crippen molar-refractivity contribution in [2.45, 2.75) is 71.3 Å². The molecule has 2 heteroatoms. The van der Waals surface area contributed by atoms with Gasteiger partial charge in [0.2, 0.25) is 0 Å². The minimum atomic E-state index is 0.359. The van der Waals surface area contributed by atoms with E-state index in [2.05, 4.69) is 18.7 Å². The van der Waals surface area contributed by atoms with Gasteiger partial charge < -0.3 is 10.0 Å². The number of nitrogens with zero attached hydrogens (tertiary/aromatic N) is 1. The molecule has 0 saturated heterocycles. The lowest BCUT2D eigenvalue weighted by atomic mass is 10.1. The number of aliphatic hydroxyl groups excluding tert-OH is 1. The standard InChI is InChI=1S/C15H31NO/c1-14(2)13-16(15-9-5-6-10-15)11-7-3-4-8-12-17/h14-15,17H,3-13H2,1-2H3. The molecule has 0 aliphatic heterocycles. The van der Waals surface area contributed by atoms with Gasteiger partial charge >= 0.3 is 0 Å². The number of aliphatic hydroxyl groups is 1. The van der Waals surface area contributed by atoms with E-state index in [4.69, 9.17) is 5.11 Å². The second kappa shape index (κ2) is 8.93. The molecule has 0 amide bonds. The van der Waals surface area contributed by atoms with Gasteiger partial charge in [0, 0.05) is 19.2 Å². The normalized spacial score (nSPS) is 17.5. The summed E-state index contributed by atoms with van der Waals surface area (Å²) in [4.78, 5) is 2.73. The Morgan fingerprint density at radius 2 is 1.71 bits per heavy atom. The lowest BCUT2D eigenvalue weighted by Crippen LogP contribution is -2.37. The molecule has 0 radical (unpaired) electrons. The molecule has 0 heterocycles. The first-order valence-corrected chi connectivity index (χ1v) is 7.59. The van der Waals surface area contributed by atoms with E-state index in [1.807, 2.05) is 0 Å². The molecule has 2 nitrogen and oxygen atoms in total. The summed E-state index contributed by atoms with van der Waals surface area (Å²) >= 11 is 0. The van der Waals surface area contributed by atoms with Gasteiger partial charge in [-0.25, -0.2) is 0 Å². The largest absolute Gasteiger partial charge is 0.396 e. The third-order valence-electron chi connectivity index (χ3n) is 3.79. The molecule has 1 N–H and O–H groups in total. The Kier molecular flexibility index (Phi) is 7.87. The fourth-order valence-electron chi connectivity index (χ4n) is 2.94. The zero-order valence-electron chi connectivity index (χ0n) is 11.8. The molecule has 1 aliphatic carbocycles. The number of hydrogen-bond donors (Lipinski definition) is 1. The third kappa shape index (κ3) is 6.42. The molecular weight excluding hydrogens is 210 g/mol. The molecule has 1 aliphatic rings. The van der Waals surface area contributed by atoms with Gasteiger partial charge in [0.1, 0.15) is 0 Å². The van der Waals surface area contributed by atoms with Crippen LogP contribution in [-0.4, -0.2) is 35.7 Å². The minimum absolute atomic E-state index is 0.359. The van der Waals surface area contributed by atoms with E-state index in [9.17, 15) is 0 Å². The molecule has 0 aromatic carbocycles. The second-order valence-corrected chi connectivity index (χ2v) is 5.96. The number of hydrogen-bond acceptors (Lipinski definition) is 2. The highest BCUT2D eigenvalue weighted by Gasteiger charge is 2.22. The Bertz CT molecular complexity index is 176. The van der Waals surface area contributed by atoms with Crippen molar-refractivity contribution in [1.29, 1.82) is 0 Å². The van der Waals surface area contributed by atoms with Crippen molar-refractivity contribution < 1.29 is 5.11 Å². The SMILES string of the molecule is CC(C)CN(CCCCCCO)C1CCCC1. The summed E-state index contributed by atoms with van der Waals surface area (Å²) in [6.07, 6.45) is 10.5. The molecule has 17 heavy (non-hydrogen) atoms. The van der Waals surface area contributed by atoms with Crippen LogP contribution in [0.25, 0.3) is 0 Å². The number of unbranched alkanes of at least 4 members (excludes halogenated alkanes) is 3. The Balaban J connectivity index is 2.20. The third-order valence-corrected chi connectivity index (χ3v) is 3.79. The summed E-state index contributed by atoms with van der Waals surface area (Å²) < 4.78 is 0. The minimum Gasteiger partial charge on any atom is -0.396 e. The van der Waals surface area contributed by atoms with Crippen LogP contribution in [0.3, 0.4) is 0 Å². The van der Waals surface area contributed by atoms with Crippen LogP contribution < -0.4 is 0 Å². The lowest BCUT2D eigenvalue weighted by molar-refractivity contribution is 0.173. The van der Waals surface area contributed by atoms with E-state index >= 15 is 0 Å². The van der Waals surface area contributed by atoms with Crippen molar-refractivity contribution in [2.75, 3.05) is 19.7 Å². The molecule has 0 aromatic heterocycles. The summed E-state index contributed by atoms with van der Waals surface area (Å²) in [6, 6.07) is 0.871. The van der Waals surface area contributed by atoms with E-state index in [0.29, 0.717) is 6.61 Å². The van der Waals surface area contributed by atoms with Crippen molar-refractivity contribution in [1.82, 2.24) is 4.90 Å². The number of rotatable bonds is 9. The molecule has 0 spiro atoms. The maximum absolute atomic E-state index is 8.76. The van der Waals surface area contributed by atoms with Crippen molar-refractivity contribution >= 4 is 0 Å². The molecule has 1 saturated carbocycles. The van der Waals surface area contributed by atoms with Crippen LogP contribution >= 0.6 is 0 Å². The van der Waals surface area contributed by atoms with Crippen molar-refractivity contribution in [3.8, 4) is 0 Å². The molecule has 0 aromatic rings. The van der Waals surface area contributed by atoms with Gasteiger partial charge in [-0.1, -0.05) is 39.5 Å². The lowest BCUT2D eigenvalue weighted by Gasteiger charge is -2.30. The summed E-state index contributed by atoms with van der Waals surface area (Å²) in [5.41, 5.74) is 0. The van der Waals surface area contributed by atoms with Gasteiger partial charge in [-0.3, -0.25) is 0 Å². The Morgan fingerprint density at radius 3 is 2.29 bits per heavy atom. The van der Waals surface area contributed by atoms with Crippen LogP contribution in [-0.2, 0) is 0 Å². The van der Waals surface area contributed by atoms with Crippen molar-refractivity contribution in [3.05, 3.63) is 0 Å². The van der Waals surface area contributed by atoms with Crippen molar-refractivity contribution in [3.63, 3.8) is 0 Å². The topological polar surface area (TPSA) is 23.5 Å². The highest BCUT2D eigenvalue weighted by molar-refractivity contribution is 4.78. The zero-order valence-corrected chi connectivity index (χ0v) is 11.8. The average Bonchev–Trinajstić information content (AvgIpc) is 2.80. The van der Waals surface area contributed by atoms with Crippen LogP contribution in [0.4, 0.5) is 0 Å². The molecule has 0 bridgehead atoms. The first-order chi connectivity index (χ1) is 8.24. The Labute approximate surface area is 107 Å². The summed E-state index contributed by atoms with van der Waals surface area (Å²) in [7, 11) is 0. The molecule has 0 unspecified atom stereocenters. The fourth-order valence-corrected chi connectivity index (χ4v) is 2.94.